The molecule has 11 heteroatoms. The second-order valence-corrected chi connectivity index (χ2v) is 12.5. The number of hydrogen-bond donors (Lipinski definition) is 4. The Labute approximate surface area is 227 Å². The van der Waals surface area contributed by atoms with E-state index in [-0.39, 0.29) is 36.2 Å². The zero-order valence-corrected chi connectivity index (χ0v) is 23.5. The Bertz CT molecular complexity index is 1280. The fraction of sp³-hybridized carbons (Fsp3) is 0.607. The van der Waals surface area contributed by atoms with E-state index < -0.39 is 64.4 Å². The number of carbonyl (C=O) groups is 5. The third-order valence-corrected chi connectivity index (χ3v) is 8.41. The van der Waals surface area contributed by atoms with E-state index in [0.717, 1.165) is 0 Å². The topological polar surface area (TPSA) is 170 Å². The lowest BCUT2D eigenvalue weighted by molar-refractivity contribution is -0.181. The van der Waals surface area contributed by atoms with E-state index in [2.05, 4.69) is 5.32 Å². The smallest absolute Gasteiger partial charge is 0.235 e. The highest BCUT2D eigenvalue weighted by atomic mass is 16.3. The van der Waals surface area contributed by atoms with Gasteiger partial charge in [0, 0.05) is 43.3 Å². The van der Waals surface area contributed by atoms with Gasteiger partial charge in [0.2, 0.25) is 5.91 Å². The molecule has 0 bridgehead atoms. The van der Waals surface area contributed by atoms with Crippen LogP contribution in [0.3, 0.4) is 0 Å². The largest absolute Gasteiger partial charge is 0.507 e. The van der Waals surface area contributed by atoms with E-state index >= 15 is 0 Å². The predicted molar refractivity (Wildman–Crippen MR) is 142 cm³/mol. The summed E-state index contributed by atoms with van der Waals surface area (Å²) in [5.41, 5.74) is 4.12. The maximum atomic E-state index is 14.0. The number of nitrogens with zero attached hydrogens (tertiary/aromatic N) is 2. The zero-order chi connectivity index (χ0) is 29.4. The second-order valence-electron chi connectivity index (χ2n) is 12.5. The number of fused-ring (bicyclic) bond motifs is 3. The molecule has 3 unspecified atom stereocenters. The number of aromatic hydroxyl groups is 1. The van der Waals surface area contributed by atoms with Crippen LogP contribution in [0.4, 0.5) is 5.69 Å². The highest BCUT2D eigenvalue weighted by Gasteiger charge is 2.69. The SMILES string of the molecule is CN(C)c1cc(CNC(C)(C)C)c(O)c2c1C[C@H]1C[C@H]3C(N(C)C)C(=O)C(C(N)=O)C(=O)[C@@]3(O)C(=O)C1C2=O. The van der Waals surface area contributed by atoms with Crippen LogP contribution >= 0.6 is 0 Å². The van der Waals surface area contributed by atoms with E-state index in [1.165, 1.54) is 4.90 Å². The predicted octanol–water partition coefficient (Wildman–Crippen LogP) is -0.179. The summed E-state index contributed by atoms with van der Waals surface area (Å²) in [5.74, 6) is -10.4. The van der Waals surface area contributed by atoms with Gasteiger partial charge < -0.3 is 26.2 Å². The van der Waals surface area contributed by atoms with Crippen LogP contribution in [0.15, 0.2) is 6.07 Å². The van der Waals surface area contributed by atoms with Gasteiger partial charge >= 0.3 is 0 Å². The number of aliphatic hydroxyl groups is 1. The highest BCUT2D eigenvalue weighted by Crippen LogP contribution is 2.52. The normalized spacial score (nSPS) is 30.6. The number of anilines is 1. The molecule has 1 amide bonds. The number of likely N-dealkylation sites (N-methyl/N-ethyl adjacent to an activating group) is 1. The molecule has 4 rings (SSSR count). The van der Waals surface area contributed by atoms with Crippen molar-refractivity contribution in [2.75, 3.05) is 33.1 Å². The summed E-state index contributed by atoms with van der Waals surface area (Å²) in [7, 11) is 6.76. The Hall–Kier alpha value is -3.15. The first kappa shape index (κ1) is 28.8. The number of rotatable bonds is 5. The number of Topliss-reactive ketones (excluding diaryl/α,β-unsaturated/α-hetero) is 4. The van der Waals surface area contributed by atoms with E-state index in [4.69, 9.17) is 5.73 Å². The average molecular weight is 543 g/mol. The van der Waals surface area contributed by atoms with Crippen molar-refractivity contribution < 1.29 is 34.2 Å². The standard InChI is InChI=1S/C28H38N4O7/c1-27(2,3)30-11-13-10-16(31(4)5)14-8-12-9-15-20(32(6)7)23(35)19(26(29)38)25(37)28(15,39)24(36)17(12)22(34)18(14)21(13)33/h10,12,15,17,19-20,30,33,39H,8-9,11H2,1-7H3,(H2,29,38)/t12-,15-,17?,19?,20?,28-/m0/s1. The van der Waals surface area contributed by atoms with E-state index in [0.29, 0.717) is 16.8 Å². The van der Waals surface area contributed by atoms with Crippen molar-refractivity contribution >= 4 is 34.7 Å². The third kappa shape index (κ3) is 4.36. The van der Waals surface area contributed by atoms with Crippen LogP contribution in [-0.4, -0.2) is 89.5 Å². The molecule has 0 heterocycles. The van der Waals surface area contributed by atoms with Gasteiger partial charge in [0.15, 0.2) is 34.7 Å². The highest BCUT2D eigenvalue weighted by molar-refractivity contribution is 6.32. The first-order valence-corrected chi connectivity index (χ1v) is 13.1. The number of primary amides is 1. The summed E-state index contributed by atoms with van der Waals surface area (Å²) >= 11 is 0. The van der Waals surface area contributed by atoms with Crippen LogP contribution in [0.5, 0.6) is 5.75 Å². The number of benzene rings is 1. The van der Waals surface area contributed by atoms with Gasteiger partial charge in [-0.3, -0.25) is 28.9 Å². The number of nitrogens with one attached hydrogen (secondary N) is 1. The van der Waals surface area contributed by atoms with Crippen molar-refractivity contribution in [3.8, 4) is 5.75 Å². The minimum Gasteiger partial charge on any atom is -0.507 e. The molecule has 3 aliphatic carbocycles. The summed E-state index contributed by atoms with van der Waals surface area (Å²) < 4.78 is 0. The summed E-state index contributed by atoms with van der Waals surface area (Å²) in [6.07, 6.45) is 0.241. The van der Waals surface area contributed by atoms with Crippen molar-refractivity contribution in [3.05, 3.63) is 22.8 Å². The van der Waals surface area contributed by atoms with Gasteiger partial charge in [0.1, 0.15) is 5.75 Å². The molecular formula is C28H38N4O7. The fourth-order valence-corrected chi connectivity index (χ4v) is 6.60. The molecule has 0 aliphatic heterocycles. The first-order chi connectivity index (χ1) is 17.9. The Morgan fingerprint density at radius 3 is 2.26 bits per heavy atom. The molecule has 0 spiro atoms. The maximum Gasteiger partial charge on any atom is 0.235 e. The number of ketones is 4. The van der Waals surface area contributed by atoms with Crippen LogP contribution in [0, 0.1) is 23.7 Å². The quantitative estimate of drug-likeness (QED) is 0.366. The molecule has 0 saturated heterocycles. The van der Waals surface area contributed by atoms with Gasteiger partial charge in [-0.15, -0.1) is 0 Å². The minimum atomic E-state index is -2.73. The molecule has 0 aromatic heterocycles. The van der Waals surface area contributed by atoms with Gasteiger partial charge in [-0.05, 0) is 65.3 Å². The van der Waals surface area contributed by atoms with Crippen molar-refractivity contribution in [2.45, 2.75) is 57.3 Å². The Morgan fingerprint density at radius 2 is 1.74 bits per heavy atom. The number of hydrogen-bond acceptors (Lipinski definition) is 10. The average Bonchev–Trinajstić information content (AvgIpc) is 2.79. The lowest BCUT2D eigenvalue weighted by Crippen LogP contribution is -2.74. The van der Waals surface area contributed by atoms with Crippen molar-refractivity contribution in [2.24, 2.45) is 29.4 Å². The van der Waals surface area contributed by atoms with Crippen LogP contribution in [0.1, 0.15) is 48.7 Å². The molecule has 6 atom stereocenters. The summed E-state index contributed by atoms with van der Waals surface area (Å²) in [4.78, 5) is 70.0. The van der Waals surface area contributed by atoms with Crippen LogP contribution < -0.4 is 16.0 Å². The van der Waals surface area contributed by atoms with Gasteiger partial charge in [0.05, 0.1) is 17.5 Å². The molecule has 0 radical (unpaired) electrons. The lowest BCUT2D eigenvalue weighted by atomic mass is 9.52. The second kappa shape index (κ2) is 9.50. The van der Waals surface area contributed by atoms with Gasteiger partial charge in [-0.2, -0.15) is 0 Å². The number of nitrogens with two attached hydrogens (primary N) is 1. The molecule has 1 aromatic carbocycles. The fourth-order valence-electron chi connectivity index (χ4n) is 6.60. The van der Waals surface area contributed by atoms with Crippen LogP contribution in [-0.2, 0) is 32.1 Å². The summed E-state index contributed by atoms with van der Waals surface area (Å²) in [5, 5.41) is 26.3. The van der Waals surface area contributed by atoms with E-state index in [1.807, 2.05) is 45.8 Å². The molecule has 3 aliphatic rings. The van der Waals surface area contributed by atoms with Gasteiger partial charge in [-0.25, -0.2) is 0 Å². The van der Waals surface area contributed by atoms with Crippen molar-refractivity contribution in [1.29, 1.82) is 0 Å². The van der Waals surface area contributed by atoms with E-state index in [9.17, 15) is 34.2 Å². The van der Waals surface area contributed by atoms with Crippen molar-refractivity contribution in [1.82, 2.24) is 10.2 Å². The molecule has 1 aromatic rings. The van der Waals surface area contributed by atoms with Gasteiger partial charge in [-0.1, -0.05) is 0 Å². The molecule has 5 N–H and O–H groups in total. The molecule has 2 saturated carbocycles. The minimum absolute atomic E-state index is 0.00138. The Kier molecular flexibility index (Phi) is 7.02. The third-order valence-electron chi connectivity index (χ3n) is 8.41. The molecule has 11 nitrogen and oxygen atoms in total. The number of carbonyl (C=O) groups excluding carboxylic acids is 5. The summed E-state index contributed by atoms with van der Waals surface area (Å²) in [6.45, 7) is 6.16. The molecular weight excluding hydrogens is 504 g/mol. The summed E-state index contributed by atoms with van der Waals surface area (Å²) in [6, 6.07) is 0.689. The monoisotopic (exact) mass is 542 g/mol. The number of amides is 1. The Balaban J connectivity index is 1.87. The maximum absolute atomic E-state index is 14.0. The molecule has 212 valence electrons. The van der Waals surface area contributed by atoms with Crippen LogP contribution in [0.25, 0.3) is 0 Å². The molecule has 39 heavy (non-hydrogen) atoms. The molecule has 2 fully saturated rings. The van der Waals surface area contributed by atoms with Gasteiger partial charge in [0.25, 0.3) is 0 Å². The number of phenolic OH excluding ortho intramolecular Hbond substituents is 1. The lowest BCUT2D eigenvalue weighted by Gasteiger charge is -2.52. The zero-order valence-electron chi connectivity index (χ0n) is 23.5. The van der Waals surface area contributed by atoms with Crippen molar-refractivity contribution in [3.63, 3.8) is 0 Å². The Morgan fingerprint density at radius 1 is 1.13 bits per heavy atom. The van der Waals surface area contributed by atoms with E-state index in [1.54, 1.807) is 14.1 Å². The number of phenols is 1. The first-order valence-electron chi connectivity index (χ1n) is 13.1. The van der Waals surface area contributed by atoms with Crippen LogP contribution in [0.2, 0.25) is 0 Å².